The summed E-state index contributed by atoms with van der Waals surface area (Å²) in [5, 5.41) is 6.45. The Balaban J connectivity index is 1.39. The zero-order valence-corrected chi connectivity index (χ0v) is 21.3. The highest BCUT2D eigenvalue weighted by Gasteiger charge is 2.22. The van der Waals surface area contributed by atoms with Crippen molar-refractivity contribution in [3.8, 4) is 11.3 Å². The van der Waals surface area contributed by atoms with Crippen LogP contribution in [0.4, 0.5) is 10.8 Å². The molecule has 4 rings (SSSR count). The standard InChI is InChI=1S/C27H31N3O2S2/c1-3-23(26(32)30-27-29-24(18(2)33-27)19-11-6-4-7-12-19)34-22-16-10-15-21(17-22)28-25(31)20-13-8-5-9-14-20/h4,6-7,10-12,15-17,20,23H,3,5,8-9,13-14H2,1-2H3,(H,28,31)(H,29,30,32). The summed E-state index contributed by atoms with van der Waals surface area (Å²) in [7, 11) is 0. The van der Waals surface area contributed by atoms with Gasteiger partial charge in [-0.05, 0) is 44.4 Å². The molecular formula is C27H31N3O2S2. The van der Waals surface area contributed by atoms with Gasteiger partial charge in [-0.3, -0.25) is 9.59 Å². The number of nitrogens with one attached hydrogen (secondary N) is 2. The van der Waals surface area contributed by atoms with Gasteiger partial charge in [0.15, 0.2) is 5.13 Å². The fourth-order valence-electron chi connectivity index (χ4n) is 4.24. The Labute approximate surface area is 209 Å². The highest BCUT2D eigenvalue weighted by Crippen LogP contribution is 2.33. The van der Waals surface area contributed by atoms with Crippen LogP contribution in [-0.4, -0.2) is 22.0 Å². The zero-order chi connectivity index (χ0) is 23.9. The van der Waals surface area contributed by atoms with Crippen LogP contribution >= 0.6 is 23.1 Å². The highest BCUT2D eigenvalue weighted by molar-refractivity contribution is 8.00. The van der Waals surface area contributed by atoms with Crippen LogP contribution in [0.25, 0.3) is 11.3 Å². The third-order valence-corrected chi connectivity index (χ3v) is 8.34. The number of rotatable bonds is 8. The van der Waals surface area contributed by atoms with E-state index in [1.54, 1.807) is 0 Å². The number of aryl methyl sites for hydroxylation is 1. The minimum absolute atomic E-state index is 0.0579. The molecule has 7 heteroatoms. The molecule has 34 heavy (non-hydrogen) atoms. The van der Waals surface area contributed by atoms with Gasteiger partial charge in [-0.2, -0.15) is 0 Å². The Hall–Kier alpha value is -2.64. The lowest BCUT2D eigenvalue weighted by Gasteiger charge is -2.21. The lowest BCUT2D eigenvalue weighted by molar-refractivity contribution is -0.120. The number of amides is 2. The number of nitrogens with zero attached hydrogens (tertiary/aromatic N) is 1. The van der Waals surface area contributed by atoms with Crippen LogP contribution in [0, 0.1) is 12.8 Å². The van der Waals surface area contributed by atoms with Crippen LogP contribution in [0.5, 0.6) is 0 Å². The molecule has 0 bridgehead atoms. The Bertz CT molecular complexity index is 1120. The van der Waals surface area contributed by atoms with E-state index in [0.29, 0.717) is 11.6 Å². The van der Waals surface area contributed by atoms with Gasteiger partial charge in [0.2, 0.25) is 11.8 Å². The summed E-state index contributed by atoms with van der Waals surface area (Å²) in [6.07, 6.45) is 6.12. The molecule has 1 saturated carbocycles. The second-order valence-corrected chi connectivity index (χ2v) is 11.1. The maximum absolute atomic E-state index is 13.0. The van der Waals surface area contributed by atoms with E-state index in [-0.39, 0.29) is 23.0 Å². The maximum Gasteiger partial charge on any atom is 0.239 e. The third-order valence-electron chi connectivity index (χ3n) is 6.09. The van der Waals surface area contributed by atoms with Gasteiger partial charge in [-0.1, -0.05) is 62.6 Å². The highest BCUT2D eigenvalue weighted by atomic mass is 32.2. The number of thioether (sulfide) groups is 1. The molecule has 178 valence electrons. The van der Waals surface area contributed by atoms with E-state index in [4.69, 9.17) is 0 Å². The number of thiazole rings is 1. The molecule has 0 radical (unpaired) electrons. The van der Waals surface area contributed by atoms with Crippen molar-refractivity contribution in [1.82, 2.24) is 4.98 Å². The smallest absolute Gasteiger partial charge is 0.239 e. The van der Waals surface area contributed by atoms with Crippen LogP contribution in [0.1, 0.15) is 50.3 Å². The van der Waals surface area contributed by atoms with E-state index in [2.05, 4.69) is 15.6 Å². The lowest BCUT2D eigenvalue weighted by atomic mass is 9.88. The van der Waals surface area contributed by atoms with Crippen LogP contribution in [0.3, 0.4) is 0 Å². The number of carbonyl (C=O) groups is 2. The van der Waals surface area contributed by atoms with Crippen molar-refractivity contribution < 1.29 is 9.59 Å². The van der Waals surface area contributed by atoms with E-state index in [1.165, 1.54) is 29.5 Å². The molecule has 3 aromatic rings. The average molecular weight is 494 g/mol. The van der Waals surface area contributed by atoms with Crippen molar-refractivity contribution in [3.63, 3.8) is 0 Å². The van der Waals surface area contributed by atoms with Gasteiger partial charge in [0.05, 0.1) is 10.9 Å². The van der Waals surface area contributed by atoms with Crippen molar-refractivity contribution in [2.24, 2.45) is 5.92 Å². The van der Waals surface area contributed by atoms with Crippen molar-refractivity contribution in [2.45, 2.75) is 62.5 Å². The van der Waals surface area contributed by atoms with Crippen molar-refractivity contribution in [3.05, 3.63) is 59.5 Å². The summed E-state index contributed by atoms with van der Waals surface area (Å²) < 4.78 is 0. The van der Waals surface area contributed by atoms with Crippen molar-refractivity contribution in [2.75, 3.05) is 10.6 Å². The quantitative estimate of drug-likeness (QED) is 0.327. The number of benzene rings is 2. The van der Waals surface area contributed by atoms with Gasteiger partial charge in [-0.15, -0.1) is 23.1 Å². The first-order valence-corrected chi connectivity index (χ1v) is 13.6. The number of carbonyl (C=O) groups excluding carboxylic acids is 2. The van der Waals surface area contributed by atoms with Gasteiger partial charge >= 0.3 is 0 Å². The molecule has 1 atom stereocenters. The topological polar surface area (TPSA) is 71.1 Å². The van der Waals surface area contributed by atoms with E-state index >= 15 is 0 Å². The Kier molecular flexibility index (Phi) is 8.40. The Morgan fingerprint density at radius 2 is 1.82 bits per heavy atom. The summed E-state index contributed by atoms with van der Waals surface area (Å²) in [6, 6.07) is 17.8. The molecule has 1 aliphatic rings. The second kappa shape index (κ2) is 11.7. The molecule has 1 heterocycles. The molecule has 0 saturated heterocycles. The monoisotopic (exact) mass is 493 g/mol. The minimum atomic E-state index is -0.256. The van der Waals surface area contributed by atoms with Crippen LogP contribution in [0.2, 0.25) is 0 Å². The normalized spacial score (nSPS) is 15.0. The maximum atomic E-state index is 13.0. The van der Waals surface area contributed by atoms with Crippen LogP contribution < -0.4 is 10.6 Å². The molecule has 2 aromatic carbocycles. The summed E-state index contributed by atoms with van der Waals surface area (Å²) >= 11 is 3.01. The minimum Gasteiger partial charge on any atom is -0.326 e. The molecule has 0 spiro atoms. The average Bonchev–Trinajstić information content (AvgIpc) is 3.23. The molecule has 0 aliphatic heterocycles. The van der Waals surface area contributed by atoms with E-state index in [0.717, 1.165) is 52.4 Å². The summed E-state index contributed by atoms with van der Waals surface area (Å²) in [5.74, 6) is 0.166. The summed E-state index contributed by atoms with van der Waals surface area (Å²) in [5.41, 5.74) is 2.74. The number of hydrogen-bond acceptors (Lipinski definition) is 5. The first kappa shape index (κ1) is 24.5. The lowest BCUT2D eigenvalue weighted by Crippen LogP contribution is -2.25. The van der Waals surface area contributed by atoms with Crippen molar-refractivity contribution in [1.29, 1.82) is 0 Å². The van der Waals surface area contributed by atoms with Gasteiger partial charge in [0.25, 0.3) is 0 Å². The summed E-state index contributed by atoms with van der Waals surface area (Å²) in [4.78, 5) is 32.4. The second-order valence-electron chi connectivity index (χ2n) is 8.65. The predicted octanol–water partition coefficient (Wildman–Crippen LogP) is 7.15. The van der Waals surface area contributed by atoms with Gasteiger partial charge in [0.1, 0.15) is 0 Å². The third kappa shape index (κ3) is 6.27. The molecule has 5 nitrogen and oxygen atoms in total. The molecular weight excluding hydrogens is 462 g/mol. The Morgan fingerprint density at radius 1 is 1.06 bits per heavy atom. The number of aromatic nitrogens is 1. The van der Waals surface area contributed by atoms with E-state index < -0.39 is 0 Å². The van der Waals surface area contributed by atoms with Gasteiger partial charge in [-0.25, -0.2) is 4.98 Å². The first-order valence-electron chi connectivity index (χ1n) is 11.9. The molecule has 1 aliphatic carbocycles. The van der Waals surface area contributed by atoms with Crippen LogP contribution in [-0.2, 0) is 9.59 Å². The molecule has 1 fully saturated rings. The SMILES string of the molecule is CCC(Sc1cccc(NC(=O)C2CCCCC2)c1)C(=O)Nc1nc(-c2ccccc2)c(C)s1. The van der Waals surface area contributed by atoms with Gasteiger partial charge in [0, 0.05) is 26.9 Å². The molecule has 2 amide bonds. The largest absolute Gasteiger partial charge is 0.326 e. The molecule has 2 N–H and O–H groups in total. The van der Waals surface area contributed by atoms with Gasteiger partial charge < -0.3 is 10.6 Å². The summed E-state index contributed by atoms with van der Waals surface area (Å²) in [6.45, 7) is 4.03. The van der Waals surface area contributed by atoms with Crippen LogP contribution in [0.15, 0.2) is 59.5 Å². The fraction of sp³-hybridized carbons (Fsp3) is 0.370. The first-order chi connectivity index (χ1) is 16.5. The number of hydrogen-bond donors (Lipinski definition) is 2. The predicted molar refractivity (Wildman–Crippen MR) is 142 cm³/mol. The Morgan fingerprint density at radius 3 is 2.56 bits per heavy atom. The van der Waals surface area contributed by atoms with E-state index in [9.17, 15) is 9.59 Å². The fourth-order valence-corrected chi connectivity index (χ4v) is 6.09. The molecule has 1 aromatic heterocycles. The van der Waals surface area contributed by atoms with Crippen molar-refractivity contribution >= 4 is 45.7 Å². The zero-order valence-electron chi connectivity index (χ0n) is 19.7. The molecule has 1 unspecified atom stereocenters. The number of anilines is 2. The van der Waals surface area contributed by atoms with E-state index in [1.807, 2.05) is 68.4 Å².